The maximum absolute atomic E-state index is 16.4. The average Bonchev–Trinajstić information content (AvgIpc) is 3.29. The van der Waals surface area contributed by atoms with Gasteiger partial charge >= 0.3 is 12.1 Å². The van der Waals surface area contributed by atoms with Crippen molar-refractivity contribution < 1.29 is 40.6 Å². The van der Waals surface area contributed by atoms with Crippen LogP contribution in [0.3, 0.4) is 0 Å². The summed E-state index contributed by atoms with van der Waals surface area (Å²) < 4.78 is 97.5. The lowest BCUT2D eigenvalue weighted by Gasteiger charge is -2.50. The molecule has 400 valence electrons. The molecule has 5 rings (SSSR count). The average molecular weight is 1000 g/mol. The maximum atomic E-state index is 16.4. The molecule has 2 heterocycles. The number of unbranched alkanes of at least 4 members (excludes halogenated alkanes) is 2. The second kappa shape index (κ2) is 34.4. The molecule has 2 saturated carbocycles. The molecule has 3 unspecified atom stereocenters. The van der Waals surface area contributed by atoms with E-state index in [1.165, 1.54) is 65.0 Å². The van der Waals surface area contributed by atoms with Crippen LogP contribution < -0.4 is 0 Å². The molecule has 3 atom stereocenters. The van der Waals surface area contributed by atoms with E-state index < -0.39 is 46.7 Å². The Balaban J connectivity index is 0. The first kappa shape index (κ1) is 68.1. The summed E-state index contributed by atoms with van der Waals surface area (Å²) in [4.78, 5) is 20.2. The topological polar surface area (TPSA) is 60.8 Å². The minimum Gasteiger partial charge on any atom is -0.481 e. The largest absolute Gasteiger partial charge is 0.481 e. The number of halogens is 6. The molecule has 12 heteroatoms. The van der Waals surface area contributed by atoms with Crippen LogP contribution in [0.25, 0.3) is 11.3 Å². The number of esters is 1. The number of rotatable bonds is 10. The zero-order valence-corrected chi connectivity index (χ0v) is 47.7. The second-order valence-electron chi connectivity index (χ2n) is 18.8. The molecule has 1 aromatic heterocycles. The van der Waals surface area contributed by atoms with Gasteiger partial charge in [-0.3, -0.25) is 4.79 Å². The highest BCUT2D eigenvalue weighted by Crippen LogP contribution is 2.55. The molecule has 1 aliphatic heterocycles. The molecule has 0 N–H and O–H groups in total. The van der Waals surface area contributed by atoms with E-state index in [1.54, 1.807) is 26.2 Å². The lowest BCUT2D eigenvalue weighted by molar-refractivity contribution is -0.154. The smallest absolute Gasteiger partial charge is 0.419 e. The second-order valence-corrected chi connectivity index (χ2v) is 19.7. The van der Waals surface area contributed by atoms with Gasteiger partial charge < -0.3 is 9.47 Å². The Morgan fingerprint density at radius 1 is 0.870 bits per heavy atom. The number of ether oxygens (including phenoxy) is 2. The van der Waals surface area contributed by atoms with Crippen LogP contribution in [0.15, 0.2) is 27.9 Å². The van der Waals surface area contributed by atoms with Gasteiger partial charge in [0.15, 0.2) is 5.82 Å². The number of hydrogen-bond donors (Lipinski definition) is 0. The monoisotopic (exact) mass is 1000 g/mol. The summed E-state index contributed by atoms with van der Waals surface area (Å²) in [5, 5.41) is 0. The van der Waals surface area contributed by atoms with Gasteiger partial charge in [0, 0.05) is 33.9 Å². The third kappa shape index (κ3) is 21.3. The van der Waals surface area contributed by atoms with Gasteiger partial charge in [-0.05, 0) is 134 Å². The normalized spacial score (nSPS) is 19.4. The number of fused-ring (bicyclic) bond motifs is 1. The van der Waals surface area contributed by atoms with Crippen LogP contribution in [0, 0.1) is 29.9 Å². The van der Waals surface area contributed by atoms with Gasteiger partial charge in [0.2, 0.25) is 5.88 Å². The van der Waals surface area contributed by atoms with Gasteiger partial charge in [-0.1, -0.05) is 122 Å². The Bertz CT molecular complexity index is 1820. The van der Waals surface area contributed by atoms with E-state index in [2.05, 4.69) is 44.6 Å². The van der Waals surface area contributed by atoms with Gasteiger partial charge in [-0.25, -0.2) is 23.1 Å². The first-order valence-electron chi connectivity index (χ1n) is 26.3. The Morgan fingerprint density at radius 2 is 1.41 bits per heavy atom. The van der Waals surface area contributed by atoms with Crippen LogP contribution in [0.4, 0.5) is 26.3 Å². The fourth-order valence-electron chi connectivity index (χ4n) is 8.19. The van der Waals surface area contributed by atoms with Crippen molar-refractivity contribution in [2.45, 2.75) is 256 Å². The number of alkyl halides is 4. The highest BCUT2D eigenvalue weighted by atomic mass is 32.2. The Labute approximate surface area is 421 Å². The Hall–Kier alpha value is -3.02. The van der Waals surface area contributed by atoms with Gasteiger partial charge in [-0.15, -0.1) is 11.8 Å². The standard InChI is InChI=1S/C27H31F5N2OS.C10H17F.C8H16O2.2C4H10.2C2H6/c1-8-16(9-2)25-21-15(5)33-19(35-6)11-10-13(3)20(21)24(29)26(34-25)17-12-18(36-7)14(4)23(28)22(17)27(30,31)32;1-8-3-4-9(11)7-10(8)5-2-6-10;1-5-6-7(9)10-8(2,3)4;2*1-3-4-2;2*1-2/h11-13,16H,8-10H2,1-7H3;8-9H,2-7H2,1H3;5-6H2,1-4H3;2*3-4H2,1-2H3;2*1-2H3/b19-11-,33-15-;;;;;;. The van der Waals surface area contributed by atoms with Crippen molar-refractivity contribution in [2.75, 3.05) is 13.4 Å². The van der Waals surface area contributed by atoms with Gasteiger partial charge in [0.1, 0.15) is 28.8 Å². The van der Waals surface area contributed by atoms with Crippen molar-refractivity contribution in [1.82, 2.24) is 4.98 Å². The zero-order valence-electron chi connectivity index (χ0n) is 46.9. The third-order valence-electron chi connectivity index (χ3n) is 12.6. The van der Waals surface area contributed by atoms with Crippen LogP contribution >= 0.6 is 11.8 Å². The van der Waals surface area contributed by atoms with E-state index in [9.17, 15) is 22.4 Å². The van der Waals surface area contributed by atoms with Gasteiger partial charge in [0.25, 0.3) is 0 Å². The van der Waals surface area contributed by atoms with E-state index in [4.69, 9.17) is 9.47 Å². The van der Waals surface area contributed by atoms with E-state index in [0.717, 1.165) is 43.4 Å². The van der Waals surface area contributed by atoms with Crippen LogP contribution in [0.2, 0.25) is 0 Å². The van der Waals surface area contributed by atoms with Crippen LogP contribution in [0.5, 0.6) is 0 Å². The number of allylic oxidation sites excluding steroid dienone is 1. The number of carbonyl (C=O) groups is 1. The van der Waals surface area contributed by atoms with E-state index >= 15 is 8.78 Å². The molecule has 1 aromatic carbocycles. The number of aromatic nitrogens is 1. The molecular formula is C57H96F6N2O3S. The number of benzene rings is 1. The molecular weight excluding hydrogens is 907 g/mol. The highest BCUT2D eigenvalue weighted by molar-refractivity contribution is 7.98. The first-order valence-corrected chi connectivity index (χ1v) is 27.5. The highest BCUT2D eigenvalue weighted by Gasteiger charge is 2.46. The molecule has 2 aliphatic carbocycles. The number of pyridine rings is 1. The summed E-state index contributed by atoms with van der Waals surface area (Å²) >= 11 is 1.10. The summed E-state index contributed by atoms with van der Waals surface area (Å²) in [6.07, 6.45) is 12.9. The minimum atomic E-state index is -5.03. The number of thioether (sulfide) groups is 1. The molecule has 5 nitrogen and oxygen atoms in total. The van der Waals surface area contributed by atoms with Crippen LogP contribution in [-0.2, 0) is 20.4 Å². The summed E-state index contributed by atoms with van der Waals surface area (Å²) in [6.45, 7) is 35.3. The predicted molar refractivity (Wildman–Crippen MR) is 284 cm³/mol. The van der Waals surface area contributed by atoms with Crippen molar-refractivity contribution in [3.05, 3.63) is 57.6 Å². The summed E-state index contributed by atoms with van der Waals surface area (Å²) in [7, 11) is 1.49. The molecule has 2 fully saturated rings. The summed E-state index contributed by atoms with van der Waals surface area (Å²) in [5.41, 5.74) is -0.876. The van der Waals surface area contributed by atoms with E-state index in [1.807, 2.05) is 69.2 Å². The van der Waals surface area contributed by atoms with E-state index in [0.29, 0.717) is 58.8 Å². The number of methoxy groups -OCH3 is 1. The quantitative estimate of drug-likeness (QED) is 0.135. The Morgan fingerprint density at radius 3 is 1.80 bits per heavy atom. The Kier molecular flexibility index (Phi) is 33.9. The number of nitrogens with zero attached hydrogens (tertiary/aromatic N) is 2. The van der Waals surface area contributed by atoms with E-state index in [-0.39, 0.29) is 28.6 Å². The van der Waals surface area contributed by atoms with Crippen molar-refractivity contribution in [1.29, 1.82) is 0 Å². The minimum absolute atomic E-state index is 0.102. The molecule has 0 radical (unpaired) electrons. The fraction of sp³-hybridized carbons (Fsp3) is 0.737. The van der Waals surface area contributed by atoms with Crippen LogP contribution in [0.1, 0.15) is 254 Å². The van der Waals surface area contributed by atoms with Crippen molar-refractivity contribution in [3.8, 4) is 11.3 Å². The van der Waals surface area contributed by atoms with Gasteiger partial charge in [-0.2, -0.15) is 13.2 Å². The number of aliphatic imine (C=N–C) groups is 1. The third-order valence-corrected chi connectivity index (χ3v) is 13.5. The molecule has 69 heavy (non-hydrogen) atoms. The molecule has 0 saturated heterocycles. The van der Waals surface area contributed by atoms with Crippen molar-refractivity contribution in [3.63, 3.8) is 0 Å². The van der Waals surface area contributed by atoms with Gasteiger partial charge in [0.05, 0.1) is 18.5 Å². The van der Waals surface area contributed by atoms with Crippen molar-refractivity contribution >= 4 is 23.4 Å². The maximum Gasteiger partial charge on any atom is 0.419 e. The number of carbonyl (C=O) groups excluding carboxylic acids is 1. The lowest BCUT2D eigenvalue weighted by atomic mass is 9.55. The molecule has 0 amide bonds. The van der Waals surface area contributed by atoms with Crippen molar-refractivity contribution in [2.24, 2.45) is 16.3 Å². The zero-order chi connectivity index (χ0) is 53.9. The fourth-order valence-corrected chi connectivity index (χ4v) is 8.82. The summed E-state index contributed by atoms with van der Waals surface area (Å²) in [5.74, 6) is -1.77. The molecule has 3 aliphatic rings. The molecule has 1 spiro atoms. The first-order chi connectivity index (χ1) is 32.4. The SMILES string of the molecule is CC.CC.CC1CCC(F)CC12CCC2.CCC(CC)c1nc(-c2cc(SC)c(C)c(F)c2C(F)(F)F)c(F)c2c1/C(C)=N\C(OC)=C\CC2C.CCCC.CCCC.CCCC(=O)OC(C)(C)C. The summed E-state index contributed by atoms with van der Waals surface area (Å²) in [6, 6.07) is 1.21. The predicted octanol–water partition coefficient (Wildman–Crippen LogP) is 19.9. The molecule has 2 aromatic rings. The number of hydrogen-bond acceptors (Lipinski definition) is 6. The molecule has 0 bridgehead atoms. The van der Waals surface area contributed by atoms with Crippen LogP contribution in [-0.4, -0.2) is 41.8 Å². The lowest BCUT2D eigenvalue weighted by Crippen LogP contribution is -2.41.